The van der Waals surface area contributed by atoms with Crippen molar-refractivity contribution in [3.63, 3.8) is 0 Å². The van der Waals surface area contributed by atoms with Crippen molar-refractivity contribution in [3.05, 3.63) is 48.0 Å². The minimum atomic E-state index is -3.87. The largest absolute Gasteiger partial charge is 0.435 e. The molecule has 2 aromatic carbocycles. The summed E-state index contributed by atoms with van der Waals surface area (Å²) in [6.45, 7) is -0.0454. The number of carbonyl (C=O) groups is 1. The first kappa shape index (κ1) is 18.7. The molecule has 0 atom stereocenters. The topological polar surface area (TPSA) is 84.5 Å². The van der Waals surface area contributed by atoms with Crippen LogP contribution in [-0.2, 0) is 14.8 Å². The van der Waals surface area contributed by atoms with Crippen molar-refractivity contribution in [1.82, 2.24) is 0 Å². The van der Waals surface area contributed by atoms with Gasteiger partial charge in [0.1, 0.15) is 5.75 Å². The molecule has 0 bridgehead atoms. The highest BCUT2D eigenvalue weighted by Crippen LogP contribution is 2.25. The number of rotatable bonds is 6. The van der Waals surface area contributed by atoms with E-state index in [1.54, 1.807) is 6.92 Å². The molecule has 6 nitrogen and oxygen atoms in total. The lowest BCUT2D eigenvalue weighted by Crippen LogP contribution is -2.14. The fourth-order valence-corrected chi connectivity index (χ4v) is 3.18. The monoisotopic (exact) mass is 370 g/mol. The number of ether oxygens (including phenoxy) is 1. The van der Waals surface area contributed by atoms with E-state index in [0.29, 0.717) is 11.3 Å². The van der Waals surface area contributed by atoms with Gasteiger partial charge in [0.2, 0.25) is 5.91 Å². The van der Waals surface area contributed by atoms with Gasteiger partial charge in [-0.1, -0.05) is 0 Å². The highest BCUT2D eigenvalue weighted by molar-refractivity contribution is 7.92. The summed E-state index contributed by atoms with van der Waals surface area (Å²) < 4.78 is 55.8. The molecule has 2 aromatic rings. The molecule has 25 heavy (non-hydrogen) atoms. The molecule has 0 fully saturated rings. The number of halogens is 2. The van der Waals surface area contributed by atoms with Crippen LogP contribution < -0.4 is 14.8 Å². The Hall–Kier alpha value is -2.68. The normalized spacial score (nSPS) is 11.2. The first-order valence-corrected chi connectivity index (χ1v) is 8.61. The molecule has 0 saturated carbocycles. The lowest BCUT2D eigenvalue weighted by Gasteiger charge is -2.13. The zero-order valence-electron chi connectivity index (χ0n) is 13.4. The first-order valence-electron chi connectivity index (χ1n) is 7.13. The molecule has 0 aliphatic rings. The molecule has 0 spiro atoms. The summed E-state index contributed by atoms with van der Waals surface area (Å²) in [4.78, 5) is 11.0. The molecule has 0 aromatic heterocycles. The van der Waals surface area contributed by atoms with E-state index in [9.17, 15) is 22.0 Å². The van der Waals surface area contributed by atoms with Crippen LogP contribution in [0.2, 0.25) is 0 Å². The predicted octanol–water partition coefficient (Wildman–Crippen LogP) is 3.36. The maximum absolute atomic E-state index is 12.4. The summed E-state index contributed by atoms with van der Waals surface area (Å²) in [7, 11) is -3.87. The lowest BCUT2D eigenvalue weighted by molar-refractivity contribution is -0.114. The van der Waals surface area contributed by atoms with Crippen molar-refractivity contribution in [3.8, 4) is 5.75 Å². The lowest BCUT2D eigenvalue weighted by atomic mass is 10.2. The molecule has 134 valence electrons. The fraction of sp³-hybridized carbons (Fsp3) is 0.188. The van der Waals surface area contributed by atoms with E-state index >= 15 is 0 Å². The highest BCUT2D eigenvalue weighted by Gasteiger charge is 2.16. The van der Waals surface area contributed by atoms with Gasteiger partial charge in [-0.15, -0.1) is 0 Å². The molecule has 0 saturated heterocycles. The molecule has 0 aliphatic heterocycles. The third-order valence-corrected chi connectivity index (χ3v) is 4.53. The van der Waals surface area contributed by atoms with Crippen LogP contribution >= 0.6 is 0 Å². The molecular weight excluding hydrogens is 354 g/mol. The Morgan fingerprint density at radius 3 is 2.28 bits per heavy atom. The number of amides is 1. The van der Waals surface area contributed by atoms with E-state index in [1.807, 2.05) is 0 Å². The second-order valence-corrected chi connectivity index (χ2v) is 6.85. The Labute approximate surface area is 143 Å². The van der Waals surface area contributed by atoms with Crippen LogP contribution in [0.25, 0.3) is 0 Å². The Morgan fingerprint density at radius 1 is 1.12 bits per heavy atom. The summed E-state index contributed by atoms with van der Waals surface area (Å²) in [6, 6.07) is 9.51. The van der Waals surface area contributed by atoms with Gasteiger partial charge in [-0.2, -0.15) is 8.78 Å². The number of hydrogen-bond donors (Lipinski definition) is 2. The number of hydrogen-bond acceptors (Lipinski definition) is 4. The zero-order valence-corrected chi connectivity index (χ0v) is 14.2. The number of alkyl halides is 2. The van der Waals surface area contributed by atoms with E-state index in [2.05, 4.69) is 14.8 Å². The summed E-state index contributed by atoms with van der Waals surface area (Å²) in [5, 5.41) is 2.53. The molecule has 0 aliphatic carbocycles. The molecule has 1 amide bonds. The van der Waals surface area contributed by atoms with Gasteiger partial charge in [0.05, 0.1) is 10.6 Å². The van der Waals surface area contributed by atoms with Gasteiger partial charge >= 0.3 is 6.61 Å². The average Bonchev–Trinajstić information content (AvgIpc) is 2.49. The predicted molar refractivity (Wildman–Crippen MR) is 89.4 cm³/mol. The van der Waals surface area contributed by atoms with E-state index in [4.69, 9.17) is 0 Å². The summed E-state index contributed by atoms with van der Waals surface area (Å²) >= 11 is 0. The molecule has 2 rings (SSSR count). The number of nitrogens with one attached hydrogen (secondary N) is 2. The standard InChI is InChI=1S/C16H16F2N2O4S/c1-10-9-13(24-16(17)18)5-8-15(10)20-25(22,23)14-6-3-12(4-7-14)19-11(2)21/h3-9,16,20H,1-2H3,(H,19,21). The van der Waals surface area contributed by atoms with Crippen LogP contribution in [0.15, 0.2) is 47.4 Å². The summed E-state index contributed by atoms with van der Waals surface area (Å²) in [6.07, 6.45) is 0. The van der Waals surface area contributed by atoms with Crippen molar-refractivity contribution in [2.75, 3.05) is 10.0 Å². The number of carbonyl (C=O) groups excluding carboxylic acids is 1. The van der Waals surface area contributed by atoms with Crippen LogP contribution in [0, 0.1) is 6.92 Å². The number of benzene rings is 2. The molecular formula is C16H16F2N2O4S. The molecule has 0 heterocycles. The minimum absolute atomic E-state index is 0.00564. The summed E-state index contributed by atoms with van der Waals surface area (Å²) in [5.41, 5.74) is 1.14. The fourth-order valence-electron chi connectivity index (χ4n) is 2.05. The molecule has 2 N–H and O–H groups in total. The van der Waals surface area contributed by atoms with Crippen LogP contribution in [0.1, 0.15) is 12.5 Å². The van der Waals surface area contributed by atoms with E-state index in [0.717, 1.165) is 0 Å². The van der Waals surface area contributed by atoms with Gasteiger partial charge in [-0.25, -0.2) is 8.42 Å². The Morgan fingerprint density at radius 2 is 1.76 bits per heavy atom. The SMILES string of the molecule is CC(=O)Nc1ccc(S(=O)(=O)Nc2ccc(OC(F)F)cc2C)cc1. The Bertz CT molecular complexity index is 868. The van der Waals surface area contributed by atoms with Crippen molar-refractivity contribution >= 4 is 27.3 Å². The van der Waals surface area contributed by atoms with E-state index in [-0.39, 0.29) is 22.2 Å². The Balaban J connectivity index is 2.19. The Kier molecular flexibility index (Phi) is 5.58. The highest BCUT2D eigenvalue weighted by atomic mass is 32.2. The second kappa shape index (κ2) is 7.47. The van der Waals surface area contributed by atoms with Crippen molar-refractivity contribution in [2.24, 2.45) is 0 Å². The zero-order chi connectivity index (χ0) is 18.6. The smallest absolute Gasteiger partial charge is 0.387 e. The second-order valence-electron chi connectivity index (χ2n) is 5.17. The van der Waals surface area contributed by atoms with Gasteiger partial charge in [0.25, 0.3) is 10.0 Å². The van der Waals surface area contributed by atoms with E-state index < -0.39 is 16.6 Å². The third-order valence-electron chi connectivity index (χ3n) is 3.15. The molecule has 0 radical (unpaired) electrons. The van der Waals surface area contributed by atoms with Crippen LogP contribution in [0.4, 0.5) is 20.2 Å². The maximum atomic E-state index is 12.4. The van der Waals surface area contributed by atoms with Gasteiger partial charge in [-0.05, 0) is 55.0 Å². The van der Waals surface area contributed by atoms with Crippen LogP contribution in [0.3, 0.4) is 0 Å². The maximum Gasteiger partial charge on any atom is 0.387 e. The van der Waals surface area contributed by atoms with E-state index in [1.165, 1.54) is 49.4 Å². The average molecular weight is 370 g/mol. The number of aryl methyl sites for hydroxylation is 1. The first-order chi connectivity index (χ1) is 11.7. The molecule has 0 unspecified atom stereocenters. The van der Waals surface area contributed by atoms with Crippen LogP contribution in [0.5, 0.6) is 5.75 Å². The molecule has 9 heteroatoms. The summed E-state index contributed by atoms with van der Waals surface area (Å²) in [5.74, 6) is -0.328. The van der Waals surface area contributed by atoms with Crippen LogP contribution in [-0.4, -0.2) is 20.9 Å². The van der Waals surface area contributed by atoms with Gasteiger partial charge in [0, 0.05) is 12.6 Å². The third kappa shape index (κ3) is 5.15. The van der Waals surface area contributed by atoms with Crippen molar-refractivity contribution < 1.29 is 26.7 Å². The minimum Gasteiger partial charge on any atom is -0.435 e. The van der Waals surface area contributed by atoms with Gasteiger partial charge < -0.3 is 10.1 Å². The van der Waals surface area contributed by atoms with Crippen molar-refractivity contribution in [1.29, 1.82) is 0 Å². The number of anilines is 2. The quantitative estimate of drug-likeness (QED) is 0.817. The number of sulfonamides is 1. The van der Waals surface area contributed by atoms with Crippen molar-refractivity contribution in [2.45, 2.75) is 25.4 Å². The van der Waals surface area contributed by atoms with Gasteiger partial charge in [0.15, 0.2) is 0 Å². The van der Waals surface area contributed by atoms with Gasteiger partial charge in [-0.3, -0.25) is 9.52 Å².